The van der Waals surface area contributed by atoms with E-state index in [1.165, 1.54) is 0 Å². The van der Waals surface area contributed by atoms with Crippen LogP contribution in [0, 0.1) is 5.92 Å². The van der Waals surface area contributed by atoms with Crippen LogP contribution < -0.4 is 5.32 Å². The molecule has 0 aromatic carbocycles. The first kappa shape index (κ1) is 11.9. The second-order valence-corrected chi connectivity index (χ2v) is 5.05. The van der Waals surface area contributed by atoms with Crippen LogP contribution in [0.1, 0.15) is 32.6 Å². The molecule has 0 saturated carbocycles. The zero-order chi connectivity index (χ0) is 11.5. The Labute approximate surface area is 97.0 Å². The van der Waals surface area contributed by atoms with Crippen molar-refractivity contribution >= 4 is 5.91 Å². The molecule has 4 heteroatoms. The molecule has 2 aliphatic heterocycles. The van der Waals surface area contributed by atoms with Crippen molar-refractivity contribution in [3.05, 3.63) is 0 Å². The van der Waals surface area contributed by atoms with Gasteiger partial charge in [0.2, 0.25) is 5.91 Å². The fourth-order valence-corrected chi connectivity index (χ4v) is 2.72. The molecule has 4 nitrogen and oxygen atoms in total. The van der Waals surface area contributed by atoms with Gasteiger partial charge >= 0.3 is 0 Å². The Morgan fingerprint density at radius 1 is 1.38 bits per heavy atom. The van der Waals surface area contributed by atoms with Crippen molar-refractivity contribution in [1.82, 2.24) is 10.2 Å². The van der Waals surface area contributed by atoms with Gasteiger partial charge < -0.3 is 15.3 Å². The third-order valence-corrected chi connectivity index (χ3v) is 3.89. The minimum atomic E-state index is -0.234. The van der Waals surface area contributed by atoms with Gasteiger partial charge in [0.15, 0.2) is 0 Å². The highest BCUT2D eigenvalue weighted by Crippen LogP contribution is 2.21. The first-order valence-corrected chi connectivity index (χ1v) is 6.38. The molecule has 0 aromatic heterocycles. The average molecular weight is 226 g/mol. The van der Waals surface area contributed by atoms with E-state index in [0.717, 1.165) is 45.3 Å². The van der Waals surface area contributed by atoms with Gasteiger partial charge in [0.25, 0.3) is 0 Å². The van der Waals surface area contributed by atoms with E-state index in [0.29, 0.717) is 5.92 Å². The number of aliphatic hydroxyl groups excluding tert-OH is 1. The summed E-state index contributed by atoms with van der Waals surface area (Å²) in [7, 11) is 0. The number of aliphatic hydroxyl groups is 1. The first-order chi connectivity index (χ1) is 7.68. The van der Waals surface area contributed by atoms with Crippen molar-refractivity contribution in [2.75, 3.05) is 19.6 Å². The molecule has 0 unspecified atom stereocenters. The number of amides is 1. The van der Waals surface area contributed by atoms with E-state index < -0.39 is 0 Å². The van der Waals surface area contributed by atoms with Crippen molar-refractivity contribution < 1.29 is 9.90 Å². The van der Waals surface area contributed by atoms with Crippen LogP contribution in [0.25, 0.3) is 0 Å². The van der Waals surface area contributed by atoms with Crippen LogP contribution in [0.15, 0.2) is 0 Å². The van der Waals surface area contributed by atoms with E-state index in [2.05, 4.69) is 5.32 Å². The zero-order valence-corrected chi connectivity index (χ0v) is 9.98. The highest BCUT2D eigenvalue weighted by Gasteiger charge is 2.30. The van der Waals surface area contributed by atoms with E-state index in [1.807, 2.05) is 11.8 Å². The molecule has 1 amide bonds. The fourth-order valence-electron chi connectivity index (χ4n) is 2.72. The van der Waals surface area contributed by atoms with Gasteiger partial charge in [-0.05, 0) is 45.1 Å². The molecule has 92 valence electrons. The Morgan fingerprint density at radius 3 is 2.56 bits per heavy atom. The maximum Gasteiger partial charge on any atom is 0.239 e. The quantitative estimate of drug-likeness (QED) is 0.715. The molecule has 16 heavy (non-hydrogen) atoms. The number of nitrogens with one attached hydrogen (secondary N) is 1. The molecule has 2 saturated heterocycles. The summed E-state index contributed by atoms with van der Waals surface area (Å²) in [5.41, 5.74) is 0. The van der Waals surface area contributed by atoms with Gasteiger partial charge in [-0.25, -0.2) is 0 Å². The van der Waals surface area contributed by atoms with E-state index in [-0.39, 0.29) is 18.1 Å². The van der Waals surface area contributed by atoms with Crippen molar-refractivity contribution in [2.24, 2.45) is 5.92 Å². The lowest BCUT2D eigenvalue weighted by Crippen LogP contribution is -2.47. The Balaban J connectivity index is 1.81. The predicted octanol–water partition coefficient (Wildman–Crippen LogP) is 0.358. The number of carbonyl (C=O) groups excluding carboxylic acids is 1. The van der Waals surface area contributed by atoms with Crippen LogP contribution in [0.4, 0.5) is 0 Å². The molecule has 0 radical (unpaired) electrons. The van der Waals surface area contributed by atoms with Crippen molar-refractivity contribution in [2.45, 2.75) is 44.8 Å². The highest BCUT2D eigenvalue weighted by molar-refractivity contribution is 5.82. The average Bonchev–Trinajstić information content (AvgIpc) is 2.81. The van der Waals surface area contributed by atoms with Gasteiger partial charge in [-0.15, -0.1) is 0 Å². The third-order valence-electron chi connectivity index (χ3n) is 3.89. The summed E-state index contributed by atoms with van der Waals surface area (Å²) in [6.07, 6.45) is 3.74. The summed E-state index contributed by atoms with van der Waals surface area (Å²) in [5.74, 6) is 0.641. The molecule has 0 aliphatic carbocycles. The molecule has 2 heterocycles. The van der Waals surface area contributed by atoms with Gasteiger partial charge in [0, 0.05) is 13.1 Å². The van der Waals surface area contributed by atoms with E-state index in [1.54, 1.807) is 0 Å². The molecule has 0 spiro atoms. The van der Waals surface area contributed by atoms with Gasteiger partial charge in [0.05, 0.1) is 12.1 Å². The fraction of sp³-hybridized carbons (Fsp3) is 0.917. The predicted molar refractivity (Wildman–Crippen MR) is 62.0 cm³/mol. The first-order valence-electron chi connectivity index (χ1n) is 6.38. The Hall–Kier alpha value is -0.610. The van der Waals surface area contributed by atoms with E-state index in [4.69, 9.17) is 0 Å². The van der Waals surface area contributed by atoms with Crippen LogP contribution >= 0.6 is 0 Å². The number of rotatable bonds is 2. The minimum absolute atomic E-state index is 0.0584. The van der Waals surface area contributed by atoms with Gasteiger partial charge in [-0.2, -0.15) is 0 Å². The van der Waals surface area contributed by atoms with Crippen LogP contribution in [-0.4, -0.2) is 47.7 Å². The second-order valence-electron chi connectivity index (χ2n) is 5.05. The molecule has 0 aromatic rings. The standard InChI is InChI=1S/C12H22N2O2/c1-9(15)10-4-7-14(8-5-10)12(16)11-3-2-6-13-11/h9-11,13,15H,2-8H2,1H3/t9-,11-/m1/s1. The van der Waals surface area contributed by atoms with E-state index in [9.17, 15) is 9.90 Å². The molecule has 0 bridgehead atoms. The van der Waals surface area contributed by atoms with Gasteiger partial charge in [-0.1, -0.05) is 0 Å². The summed E-state index contributed by atoms with van der Waals surface area (Å²) in [4.78, 5) is 14.0. The molecule has 2 aliphatic rings. The lowest BCUT2D eigenvalue weighted by Gasteiger charge is -2.34. The molecule has 2 atom stereocenters. The number of hydrogen-bond donors (Lipinski definition) is 2. The summed E-state index contributed by atoms with van der Waals surface area (Å²) in [6.45, 7) is 4.44. The smallest absolute Gasteiger partial charge is 0.239 e. The zero-order valence-electron chi connectivity index (χ0n) is 9.98. The second kappa shape index (κ2) is 5.15. The molecule has 2 fully saturated rings. The molecule has 2 N–H and O–H groups in total. The lowest BCUT2D eigenvalue weighted by atomic mass is 9.92. The number of carbonyl (C=O) groups is 1. The van der Waals surface area contributed by atoms with Crippen LogP contribution in [-0.2, 0) is 4.79 Å². The SMILES string of the molecule is C[C@@H](O)C1CCN(C(=O)[C@H]2CCCN2)CC1. The Morgan fingerprint density at radius 2 is 2.06 bits per heavy atom. The highest BCUT2D eigenvalue weighted by atomic mass is 16.3. The van der Waals surface area contributed by atoms with E-state index >= 15 is 0 Å². The maximum absolute atomic E-state index is 12.1. The Kier molecular flexibility index (Phi) is 3.82. The summed E-state index contributed by atoms with van der Waals surface area (Å²) < 4.78 is 0. The van der Waals surface area contributed by atoms with Crippen LogP contribution in [0.3, 0.4) is 0 Å². The Bertz CT molecular complexity index is 241. The maximum atomic E-state index is 12.1. The summed E-state index contributed by atoms with van der Waals surface area (Å²) in [6, 6.07) is 0.0584. The van der Waals surface area contributed by atoms with Crippen molar-refractivity contribution in [3.63, 3.8) is 0 Å². The molecular weight excluding hydrogens is 204 g/mol. The number of piperidine rings is 1. The number of likely N-dealkylation sites (tertiary alicyclic amines) is 1. The van der Waals surface area contributed by atoms with Crippen LogP contribution in [0.5, 0.6) is 0 Å². The van der Waals surface area contributed by atoms with Crippen LogP contribution in [0.2, 0.25) is 0 Å². The summed E-state index contributed by atoms with van der Waals surface area (Å²) >= 11 is 0. The molecule has 2 rings (SSSR count). The summed E-state index contributed by atoms with van der Waals surface area (Å²) in [5, 5.41) is 12.7. The number of hydrogen-bond acceptors (Lipinski definition) is 3. The monoisotopic (exact) mass is 226 g/mol. The normalized spacial score (nSPS) is 29.4. The van der Waals surface area contributed by atoms with Crippen molar-refractivity contribution in [3.8, 4) is 0 Å². The molecular formula is C12H22N2O2. The lowest BCUT2D eigenvalue weighted by molar-refractivity contribution is -0.135. The minimum Gasteiger partial charge on any atom is -0.393 e. The third kappa shape index (κ3) is 2.55. The van der Waals surface area contributed by atoms with Gasteiger partial charge in [0.1, 0.15) is 0 Å². The van der Waals surface area contributed by atoms with Gasteiger partial charge in [-0.3, -0.25) is 4.79 Å². The largest absolute Gasteiger partial charge is 0.393 e. The topological polar surface area (TPSA) is 52.6 Å². The van der Waals surface area contributed by atoms with Crippen molar-refractivity contribution in [1.29, 1.82) is 0 Å². The number of nitrogens with zero attached hydrogens (tertiary/aromatic N) is 1.